The van der Waals surface area contributed by atoms with Crippen molar-refractivity contribution in [3.8, 4) is 0 Å². The highest BCUT2D eigenvalue weighted by Crippen LogP contribution is 2.33. The van der Waals surface area contributed by atoms with Gasteiger partial charge in [-0.2, -0.15) is 4.31 Å². The number of nitrogens with zero attached hydrogens (tertiary/aromatic N) is 3. The molecule has 33 heavy (non-hydrogen) atoms. The molecule has 1 fully saturated rings. The largest absolute Gasteiger partial charge is 0.308 e. The van der Waals surface area contributed by atoms with Gasteiger partial charge >= 0.3 is 0 Å². The summed E-state index contributed by atoms with van der Waals surface area (Å²) < 4.78 is 27.9. The van der Waals surface area contributed by atoms with Crippen LogP contribution in [-0.4, -0.2) is 61.8 Å². The summed E-state index contributed by atoms with van der Waals surface area (Å²) in [6, 6.07) is 15.2. The summed E-state index contributed by atoms with van der Waals surface area (Å²) in [5.41, 5.74) is 3.37. The molecule has 2 aromatic carbocycles. The van der Waals surface area contributed by atoms with E-state index in [2.05, 4.69) is 31.7 Å². The van der Waals surface area contributed by atoms with Crippen LogP contribution < -0.4 is 4.90 Å². The van der Waals surface area contributed by atoms with Gasteiger partial charge in [-0.3, -0.25) is 9.69 Å². The number of sulfonamides is 1. The van der Waals surface area contributed by atoms with Gasteiger partial charge in [0.2, 0.25) is 15.9 Å². The van der Waals surface area contributed by atoms with Crippen LogP contribution in [0.2, 0.25) is 0 Å². The number of para-hydroxylation sites is 1. The molecule has 0 aliphatic carbocycles. The van der Waals surface area contributed by atoms with Gasteiger partial charge in [0.05, 0.1) is 10.9 Å². The first-order valence-electron chi connectivity index (χ1n) is 12.0. The van der Waals surface area contributed by atoms with Gasteiger partial charge in [-0.1, -0.05) is 44.2 Å². The molecule has 0 bridgehead atoms. The van der Waals surface area contributed by atoms with Crippen molar-refractivity contribution in [3.63, 3.8) is 0 Å². The van der Waals surface area contributed by atoms with E-state index in [0.717, 1.165) is 24.1 Å². The number of benzene rings is 2. The second-order valence-corrected chi connectivity index (χ2v) is 11.3. The lowest BCUT2D eigenvalue weighted by Gasteiger charge is -2.38. The Morgan fingerprint density at radius 1 is 1.00 bits per heavy atom. The highest BCUT2D eigenvalue weighted by Gasteiger charge is 2.37. The van der Waals surface area contributed by atoms with Gasteiger partial charge in [0.15, 0.2) is 0 Å². The van der Waals surface area contributed by atoms with Crippen LogP contribution in [-0.2, 0) is 21.2 Å². The van der Waals surface area contributed by atoms with E-state index in [1.54, 1.807) is 16.4 Å². The van der Waals surface area contributed by atoms with Crippen LogP contribution in [0.4, 0.5) is 5.69 Å². The summed E-state index contributed by atoms with van der Waals surface area (Å²) in [5.74, 6) is 0.499. The predicted octanol–water partition coefficient (Wildman–Crippen LogP) is 3.87. The number of anilines is 1. The third kappa shape index (κ3) is 4.59. The molecule has 2 heterocycles. The Kier molecular flexibility index (Phi) is 6.93. The van der Waals surface area contributed by atoms with Gasteiger partial charge in [0, 0.05) is 37.9 Å². The van der Waals surface area contributed by atoms with Crippen LogP contribution in [0, 0.1) is 0 Å². The Labute approximate surface area is 198 Å². The van der Waals surface area contributed by atoms with E-state index >= 15 is 0 Å². The third-order valence-electron chi connectivity index (χ3n) is 7.32. The summed E-state index contributed by atoms with van der Waals surface area (Å²) in [4.78, 5) is 17.7. The van der Waals surface area contributed by atoms with E-state index < -0.39 is 10.0 Å². The lowest BCUT2D eigenvalue weighted by Crippen LogP contribution is -2.56. The standard InChI is InChI=1S/C26H35N3O3S/c1-5-19(2)22-10-12-24(13-11-22)33(31,32)28-16-14-27(15-17-28)21(4)26(30)29-20(3)18-23-8-6-7-9-25(23)29/h6-13,19-21H,5,14-18H2,1-4H3/t19-,20+,21-/m0/s1. The maximum absolute atomic E-state index is 13.4. The number of hydrogen-bond donors (Lipinski definition) is 0. The van der Waals surface area contributed by atoms with E-state index in [1.807, 2.05) is 42.2 Å². The molecule has 0 unspecified atom stereocenters. The number of fused-ring (bicyclic) bond motifs is 1. The first-order chi connectivity index (χ1) is 15.7. The Bertz CT molecular complexity index is 1090. The van der Waals surface area contributed by atoms with Crippen molar-refractivity contribution in [2.45, 2.75) is 63.4 Å². The van der Waals surface area contributed by atoms with Crippen molar-refractivity contribution >= 4 is 21.6 Å². The normalized spacial score (nSPS) is 21.6. The highest BCUT2D eigenvalue weighted by atomic mass is 32.2. The monoisotopic (exact) mass is 469 g/mol. The maximum atomic E-state index is 13.4. The third-order valence-corrected chi connectivity index (χ3v) is 9.24. The summed E-state index contributed by atoms with van der Waals surface area (Å²) in [5, 5.41) is 0. The Morgan fingerprint density at radius 2 is 1.64 bits per heavy atom. The first-order valence-corrected chi connectivity index (χ1v) is 13.4. The van der Waals surface area contributed by atoms with E-state index in [1.165, 1.54) is 5.56 Å². The topological polar surface area (TPSA) is 60.9 Å². The van der Waals surface area contributed by atoms with Gasteiger partial charge in [-0.25, -0.2) is 8.42 Å². The molecule has 4 rings (SSSR count). The van der Waals surface area contributed by atoms with E-state index in [0.29, 0.717) is 37.0 Å². The summed E-state index contributed by atoms with van der Waals surface area (Å²) >= 11 is 0. The molecule has 2 aromatic rings. The quantitative estimate of drug-likeness (QED) is 0.644. The molecule has 0 spiro atoms. The number of piperazine rings is 1. The van der Waals surface area contributed by atoms with Crippen LogP contribution in [0.15, 0.2) is 53.4 Å². The number of rotatable bonds is 6. The van der Waals surface area contributed by atoms with Gasteiger partial charge in [0.1, 0.15) is 0 Å². The number of carbonyl (C=O) groups excluding carboxylic acids is 1. The average Bonchev–Trinajstić information content (AvgIpc) is 3.18. The van der Waals surface area contributed by atoms with Gasteiger partial charge in [-0.05, 0) is 61.9 Å². The molecule has 2 aliphatic rings. The molecular weight excluding hydrogens is 434 g/mol. The zero-order chi connectivity index (χ0) is 23.8. The molecule has 0 aromatic heterocycles. The Balaban J connectivity index is 1.40. The van der Waals surface area contributed by atoms with E-state index in [4.69, 9.17) is 0 Å². The van der Waals surface area contributed by atoms with Gasteiger partial charge in [-0.15, -0.1) is 0 Å². The van der Waals surface area contributed by atoms with Crippen LogP contribution in [0.5, 0.6) is 0 Å². The molecule has 178 valence electrons. The molecule has 7 heteroatoms. The van der Waals surface area contributed by atoms with E-state index in [-0.39, 0.29) is 18.0 Å². The highest BCUT2D eigenvalue weighted by molar-refractivity contribution is 7.89. The second-order valence-electron chi connectivity index (χ2n) is 9.38. The smallest absolute Gasteiger partial charge is 0.244 e. The van der Waals surface area contributed by atoms with Crippen molar-refractivity contribution < 1.29 is 13.2 Å². The van der Waals surface area contributed by atoms with Crippen LogP contribution in [0.1, 0.15) is 51.2 Å². The molecular formula is C26H35N3O3S. The minimum Gasteiger partial charge on any atom is -0.308 e. The molecule has 3 atom stereocenters. The number of hydrogen-bond acceptors (Lipinski definition) is 4. The lowest BCUT2D eigenvalue weighted by molar-refractivity contribution is -0.124. The first kappa shape index (κ1) is 23.9. The lowest BCUT2D eigenvalue weighted by atomic mass is 9.99. The summed E-state index contributed by atoms with van der Waals surface area (Å²) in [7, 11) is -3.53. The minimum atomic E-state index is -3.53. The van der Waals surface area contributed by atoms with Crippen molar-refractivity contribution in [3.05, 3.63) is 59.7 Å². The van der Waals surface area contributed by atoms with E-state index in [9.17, 15) is 13.2 Å². The van der Waals surface area contributed by atoms with Gasteiger partial charge in [0.25, 0.3) is 0 Å². The number of carbonyl (C=O) groups is 1. The average molecular weight is 470 g/mol. The SMILES string of the molecule is CC[C@H](C)c1ccc(S(=O)(=O)N2CCN([C@@H](C)C(=O)N3c4ccccc4C[C@H]3C)CC2)cc1. The molecule has 0 saturated carbocycles. The summed E-state index contributed by atoms with van der Waals surface area (Å²) in [6.45, 7) is 10.2. The molecule has 0 N–H and O–H groups in total. The zero-order valence-corrected chi connectivity index (χ0v) is 20.9. The van der Waals surface area contributed by atoms with Crippen molar-refractivity contribution in [2.75, 3.05) is 31.1 Å². The zero-order valence-electron chi connectivity index (χ0n) is 20.1. The number of amides is 1. The van der Waals surface area contributed by atoms with Crippen molar-refractivity contribution in [1.82, 2.24) is 9.21 Å². The molecule has 1 saturated heterocycles. The van der Waals surface area contributed by atoms with Crippen LogP contribution >= 0.6 is 0 Å². The molecule has 0 radical (unpaired) electrons. The van der Waals surface area contributed by atoms with Gasteiger partial charge < -0.3 is 4.90 Å². The van der Waals surface area contributed by atoms with Crippen molar-refractivity contribution in [1.29, 1.82) is 0 Å². The van der Waals surface area contributed by atoms with Crippen molar-refractivity contribution in [2.24, 2.45) is 0 Å². The Morgan fingerprint density at radius 3 is 2.27 bits per heavy atom. The van der Waals surface area contributed by atoms with Crippen LogP contribution in [0.3, 0.4) is 0 Å². The maximum Gasteiger partial charge on any atom is 0.244 e. The Hall–Kier alpha value is -2.22. The molecule has 2 aliphatic heterocycles. The molecule has 1 amide bonds. The fraction of sp³-hybridized carbons (Fsp3) is 0.500. The fourth-order valence-corrected chi connectivity index (χ4v) is 6.37. The fourth-order valence-electron chi connectivity index (χ4n) is 4.94. The minimum absolute atomic E-state index is 0.0874. The predicted molar refractivity (Wildman–Crippen MR) is 132 cm³/mol. The molecule has 6 nitrogen and oxygen atoms in total. The van der Waals surface area contributed by atoms with Crippen LogP contribution in [0.25, 0.3) is 0 Å². The summed E-state index contributed by atoms with van der Waals surface area (Å²) in [6.07, 6.45) is 1.89. The second kappa shape index (κ2) is 9.57.